The Kier molecular flexibility index (Phi) is 7.11. The second-order valence-electron chi connectivity index (χ2n) is 6.95. The van der Waals surface area contributed by atoms with Crippen LogP contribution in [0.5, 0.6) is 0 Å². The first-order chi connectivity index (χ1) is 8.54. The smallest absolute Gasteiger partial charge is 0.137 e. The van der Waals surface area contributed by atoms with Crippen LogP contribution >= 0.6 is 0 Å². The third-order valence-corrected chi connectivity index (χ3v) is 3.89. The van der Waals surface area contributed by atoms with Crippen molar-refractivity contribution in [3.63, 3.8) is 0 Å². The van der Waals surface area contributed by atoms with Crippen molar-refractivity contribution in [1.82, 2.24) is 0 Å². The van der Waals surface area contributed by atoms with Gasteiger partial charge in [0, 0.05) is 14.2 Å². The highest BCUT2D eigenvalue weighted by Crippen LogP contribution is 2.17. The summed E-state index contributed by atoms with van der Waals surface area (Å²) >= 11 is 0. The summed E-state index contributed by atoms with van der Waals surface area (Å²) in [6.45, 7) is 14.4. The van der Waals surface area contributed by atoms with Gasteiger partial charge in [-0.3, -0.25) is 0 Å². The van der Waals surface area contributed by atoms with Crippen LogP contribution in [0.3, 0.4) is 0 Å². The van der Waals surface area contributed by atoms with Gasteiger partial charge in [-0.15, -0.1) is 11.1 Å². The minimum absolute atomic E-state index is 0.482. The van der Waals surface area contributed by atoms with Crippen LogP contribution in [0.1, 0.15) is 0 Å². The van der Waals surface area contributed by atoms with E-state index in [1.165, 1.54) is 0 Å². The molecule has 0 fully saturated rings. The van der Waals surface area contributed by atoms with E-state index >= 15 is 0 Å². The SMILES string of the molecule is COCC(C#C[Si](C)(C)C)(C#C[Si](C)(C)C)COC. The van der Waals surface area contributed by atoms with Crippen molar-refractivity contribution in [2.75, 3.05) is 27.4 Å². The summed E-state index contributed by atoms with van der Waals surface area (Å²) in [5.41, 5.74) is 6.34. The zero-order valence-electron chi connectivity index (χ0n) is 13.7. The van der Waals surface area contributed by atoms with Crippen LogP contribution in [-0.2, 0) is 9.47 Å². The average Bonchev–Trinajstić information content (AvgIpc) is 2.22. The van der Waals surface area contributed by atoms with Gasteiger partial charge in [0.15, 0.2) is 0 Å². The lowest BCUT2D eigenvalue weighted by Crippen LogP contribution is -2.31. The molecule has 0 saturated carbocycles. The van der Waals surface area contributed by atoms with Crippen molar-refractivity contribution in [3.05, 3.63) is 0 Å². The van der Waals surface area contributed by atoms with Gasteiger partial charge in [-0.05, 0) is 0 Å². The summed E-state index contributed by atoms with van der Waals surface area (Å²) in [6, 6.07) is 0. The molecule has 0 spiro atoms. The Morgan fingerprint density at radius 2 is 1.05 bits per heavy atom. The summed E-state index contributed by atoms with van der Waals surface area (Å²) in [5, 5.41) is 0. The van der Waals surface area contributed by atoms with Crippen LogP contribution in [0.4, 0.5) is 0 Å². The predicted molar refractivity (Wildman–Crippen MR) is 88.4 cm³/mol. The Balaban J connectivity index is 5.51. The molecule has 0 bridgehead atoms. The van der Waals surface area contributed by atoms with Gasteiger partial charge in [0.05, 0.1) is 13.2 Å². The van der Waals surface area contributed by atoms with Crippen LogP contribution < -0.4 is 0 Å². The summed E-state index contributed by atoms with van der Waals surface area (Å²) in [7, 11) is 0.525. The minimum Gasteiger partial charge on any atom is -0.382 e. The first-order valence-electron chi connectivity index (χ1n) is 6.60. The maximum Gasteiger partial charge on any atom is 0.137 e. The first kappa shape index (κ1) is 18.5. The molecule has 0 rings (SSSR count). The molecule has 0 saturated heterocycles. The molecular formula is C15H28O2Si2. The molecule has 4 heteroatoms. The summed E-state index contributed by atoms with van der Waals surface area (Å²) in [5.74, 6) is 6.72. The molecular weight excluding hydrogens is 268 g/mol. The van der Waals surface area contributed by atoms with Gasteiger partial charge in [-0.1, -0.05) is 51.1 Å². The Hall–Kier alpha value is -0.526. The lowest BCUT2D eigenvalue weighted by atomic mass is 9.92. The van der Waals surface area contributed by atoms with Crippen LogP contribution in [-0.4, -0.2) is 43.6 Å². The highest BCUT2D eigenvalue weighted by Gasteiger charge is 2.27. The lowest BCUT2D eigenvalue weighted by Gasteiger charge is -2.22. The van der Waals surface area contributed by atoms with Gasteiger partial charge in [0.2, 0.25) is 0 Å². The number of hydrogen-bond donors (Lipinski definition) is 0. The highest BCUT2D eigenvalue weighted by atomic mass is 28.3. The molecule has 0 atom stereocenters. The van der Waals surface area contributed by atoms with E-state index in [9.17, 15) is 0 Å². The van der Waals surface area contributed by atoms with E-state index in [1.807, 2.05) is 0 Å². The predicted octanol–water partition coefficient (Wildman–Crippen LogP) is 3.03. The van der Waals surface area contributed by atoms with E-state index in [4.69, 9.17) is 9.47 Å². The molecule has 19 heavy (non-hydrogen) atoms. The van der Waals surface area contributed by atoms with Crippen LogP contribution in [0.2, 0.25) is 39.3 Å². The van der Waals surface area contributed by atoms with Crippen LogP contribution in [0.15, 0.2) is 0 Å². The van der Waals surface area contributed by atoms with Crippen LogP contribution in [0.25, 0.3) is 0 Å². The molecule has 0 aliphatic carbocycles. The molecule has 108 valence electrons. The van der Waals surface area contributed by atoms with Gasteiger partial charge in [-0.25, -0.2) is 0 Å². The third-order valence-electron chi connectivity index (χ3n) is 2.14. The van der Waals surface area contributed by atoms with Gasteiger partial charge in [0.1, 0.15) is 21.6 Å². The van der Waals surface area contributed by atoms with E-state index in [1.54, 1.807) is 14.2 Å². The molecule has 0 N–H and O–H groups in total. The Bertz CT molecular complexity index is 354. The summed E-state index contributed by atoms with van der Waals surface area (Å²) < 4.78 is 10.7. The Morgan fingerprint density at radius 1 is 0.737 bits per heavy atom. The zero-order chi connectivity index (χ0) is 15.2. The van der Waals surface area contributed by atoms with Gasteiger partial charge < -0.3 is 9.47 Å². The highest BCUT2D eigenvalue weighted by molar-refractivity contribution is 6.84. The molecule has 0 heterocycles. The normalized spacial score (nSPS) is 12.2. The Morgan fingerprint density at radius 3 is 1.26 bits per heavy atom. The molecule has 2 nitrogen and oxygen atoms in total. The molecule has 0 aromatic carbocycles. The maximum atomic E-state index is 5.34. The molecule has 0 unspecified atom stereocenters. The van der Waals surface area contributed by atoms with Gasteiger partial charge in [-0.2, -0.15) is 0 Å². The fourth-order valence-electron chi connectivity index (χ4n) is 1.32. The second-order valence-corrected chi connectivity index (χ2v) is 16.4. The quantitative estimate of drug-likeness (QED) is 0.586. The van der Waals surface area contributed by atoms with E-state index in [2.05, 4.69) is 62.2 Å². The zero-order valence-corrected chi connectivity index (χ0v) is 15.7. The van der Waals surface area contributed by atoms with Crippen molar-refractivity contribution >= 4 is 16.1 Å². The molecule has 0 aliphatic rings. The van der Waals surface area contributed by atoms with E-state index in [0.29, 0.717) is 13.2 Å². The van der Waals surface area contributed by atoms with Crippen molar-refractivity contribution in [1.29, 1.82) is 0 Å². The van der Waals surface area contributed by atoms with E-state index in [0.717, 1.165) is 0 Å². The monoisotopic (exact) mass is 296 g/mol. The maximum absolute atomic E-state index is 5.34. The molecule has 0 aliphatic heterocycles. The minimum atomic E-state index is -1.43. The number of methoxy groups -OCH3 is 2. The largest absolute Gasteiger partial charge is 0.382 e. The number of ether oxygens (including phenoxy) is 2. The van der Waals surface area contributed by atoms with Gasteiger partial charge in [0.25, 0.3) is 0 Å². The molecule has 0 radical (unpaired) electrons. The van der Waals surface area contributed by atoms with Crippen LogP contribution in [0, 0.1) is 28.3 Å². The fourth-order valence-corrected chi connectivity index (χ4v) is 2.55. The van der Waals surface area contributed by atoms with Crippen molar-refractivity contribution < 1.29 is 9.47 Å². The standard InChI is InChI=1S/C15H28O2Si2/c1-16-13-15(14-17-2,9-11-18(3,4)5)10-12-19(6,7)8/h13-14H2,1-8H3. The van der Waals surface area contributed by atoms with Gasteiger partial charge >= 0.3 is 0 Å². The second kappa shape index (κ2) is 7.31. The molecule has 0 amide bonds. The van der Waals surface area contributed by atoms with Crippen molar-refractivity contribution in [2.45, 2.75) is 39.3 Å². The van der Waals surface area contributed by atoms with Crippen molar-refractivity contribution in [2.24, 2.45) is 5.41 Å². The van der Waals surface area contributed by atoms with E-state index < -0.39 is 21.6 Å². The summed E-state index contributed by atoms with van der Waals surface area (Å²) in [4.78, 5) is 0. The van der Waals surface area contributed by atoms with E-state index in [-0.39, 0.29) is 0 Å². The first-order valence-corrected chi connectivity index (χ1v) is 13.6. The van der Waals surface area contributed by atoms with Crippen molar-refractivity contribution in [3.8, 4) is 22.9 Å². The summed E-state index contributed by atoms with van der Waals surface area (Å²) in [6.07, 6.45) is 0. The molecule has 0 aromatic rings. The third kappa shape index (κ3) is 9.07. The fraction of sp³-hybridized carbons (Fsp3) is 0.733. The lowest BCUT2D eigenvalue weighted by molar-refractivity contribution is 0.0777. The Labute approximate surface area is 121 Å². The number of rotatable bonds is 4. The topological polar surface area (TPSA) is 18.5 Å². The molecule has 0 aromatic heterocycles. The number of hydrogen-bond acceptors (Lipinski definition) is 2. The average molecular weight is 297 g/mol.